The van der Waals surface area contributed by atoms with Crippen LogP contribution in [-0.4, -0.2) is 54.5 Å². The summed E-state index contributed by atoms with van der Waals surface area (Å²) in [5.41, 5.74) is 3.13. The van der Waals surface area contributed by atoms with Gasteiger partial charge in [0.2, 0.25) is 5.91 Å². The molecule has 1 unspecified atom stereocenters. The van der Waals surface area contributed by atoms with Gasteiger partial charge >= 0.3 is 12.1 Å². The van der Waals surface area contributed by atoms with Gasteiger partial charge in [0.25, 0.3) is 0 Å². The second-order valence-electron chi connectivity index (χ2n) is 8.52. The molecule has 2 aliphatic rings. The van der Waals surface area contributed by atoms with Gasteiger partial charge in [-0.2, -0.15) is 0 Å². The SMILES string of the molecule is CC[C@@H](CC(=O)NC1(C(=O)O)CCOC1)NC(=O)OCC1c2ccccc2-c2ccccc21. The first kappa shape index (κ1) is 22.8. The van der Waals surface area contributed by atoms with Crippen molar-refractivity contribution < 1.29 is 29.0 Å². The Morgan fingerprint density at radius 1 is 1.12 bits per heavy atom. The Hall–Kier alpha value is -3.39. The van der Waals surface area contributed by atoms with Gasteiger partial charge in [-0.1, -0.05) is 55.5 Å². The molecule has 0 aromatic heterocycles. The Bertz CT molecular complexity index is 1000. The Balaban J connectivity index is 1.34. The van der Waals surface area contributed by atoms with E-state index in [4.69, 9.17) is 9.47 Å². The minimum absolute atomic E-state index is 0.0459. The normalized spacial score (nSPS) is 19.9. The van der Waals surface area contributed by atoms with E-state index in [1.54, 1.807) is 0 Å². The zero-order valence-electron chi connectivity index (χ0n) is 18.5. The highest BCUT2D eigenvalue weighted by Crippen LogP contribution is 2.44. The predicted octanol–water partition coefficient (Wildman–Crippen LogP) is 3.05. The van der Waals surface area contributed by atoms with Crippen LogP contribution in [0.1, 0.15) is 43.2 Å². The van der Waals surface area contributed by atoms with Crippen molar-refractivity contribution in [2.45, 2.75) is 43.7 Å². The minimum atomic E-state index is -1.40. The van der Waals surface area contributed by atoms with Crippen LogP contribution in [0.2, 0.25) is 0 Å². The quantitative estimate of drug-likeness (QED) is 0.567. The van der Waals surface area contributed by atoms with Crippen LogP contribution in [0.15, 0.2) is 48.5 Å². The highest BCUT2D eigenvalue weighted by molar-refractivity contribution is 5.88. The summed E-state index contributed by atoms with van der Waals surface area (Å²) in [6.45, 7) is 2.24. The lowest BCUT2D eigenvalue weighted by Crippen LogP contribution is -2.56. The topological polar surface area (TPSA) is 114 Å². The summed E-state index contributed by atoms with van der Waals surface area (Å²) in [5, 5.41) is 14.8. The molecule has 8 nitrogen and oxygen atoms in total. The summed E-state index contributed by atoms with van der Waals surface area (Å²) >= 11 is 0. The average Bonchev–Trinajstić information content (AvgIpc) is 3.41. The summed E-state index contributed by atoms with van der Waals surface area (Å²) in [5.74, 6) is -1.62. The van der Waals surface area contributed by atoms with Crippen LogP contribution in [0, 0.1) is 0 Å². The first-order chi connectivity index (χ1) is 15.9. The first-order valence-corrected chi connectivity index (χ1v) is 11.2. The molecular formula is C25H28N2O6. The van der Waals surface area contributed by atoms with Gasteiger partial charge in [0.1, 0.15) is 6.61 Å². The van der Waals surface area contributed by atoms with Crippen molar-refractivity contribution in [2.75, 3.05) is 19.8 Å². The number of alkyl carbamates (subject to hydrolysis) is 1. The maximum absolute atomic E-state index is 12.5. The second kappa shape index (κ2) is 9.62. The fourth-order valence-electron chi connectivity index (χ4n) is 4.53. The van der Waals surface area contributed by atoms with E-state index in [0.29, 0.717) is 6.42 Å². The summed E-state index contributed by atoms with van der Waals surface area (Å²) in [6.07, 6.45) is 0.0582. The molecule has 2 aromatic carbocycles. The van der Waals surface area contributed by atoms with Gasteiger partial charge in [-0.25, -0.2) is 9.59 Å². The third kappa shape index (κ3) is 4.71. The molecule has 2 aromatic rings. The molecule has 4 rings (SSSR count). The molecule has 3 N–H and O–H groups in total. The van der Waals surface area contributed by atoms with Crippen molar-refractivity contribution in [1.82, 2.24) is 10.6 Å². The highest BCUT2D eigenvalue weighted by Gasteiger charge is 2.44. The summed E-state index contributed by atoms with van der Waals surface area (Å²) in [4.78, 5) is 36.6. The van der Waals surface area contributed by atoms with Crippen molar-refractivity contribution in [2.24, 2.45) is 0 Å². The van der Waals surface area contributed by atoms with Crippen LogP contribution < -0.4 is 10.6 Å². The van der Waals surface area contributed by atoms with Crippen LogP contribution in [-0.2, 0) is 19.1 Å². The Kier molecular flexibility index (Phi) is 6.65. The summed E-state index contributed by atoms with van der Waals surface area (Å²) in [7, 11) is 0. The molecule has 33 heavy (non-hydrogen) atoms. The summed E-state index contributed by atoms with van der Waals surface area (Å²) in [6, 6.07) is 15.7. The van der Waals surface area contributed by atoms with E-state index in [1.807, 2.05) is 43.3 Å². The maximum Gasteiger partial charge on any atom is 0.407 e. The van der Waals surface area contributed by atoms with Crippen molar-refractivity contribution >= 4 is 18.0 Å². The molecular weight excluding hydrogens is 424 g/mol. The minimum Gasteiger partial charge on any atom is -0.479 e. The molecule has 0 spiro atoms. The molecule has 1 aliphatic heterocycles. The third-order valence-corrected chi connectivity index (χ3v) is 6.40. The molecule has 0 radical (unpaired) electrons. The highest BCUT2D eigenvalue weighted by atomic mass is 16.5. The lowest BCUT2D eigenvalue weighted by Gasteiger charge is -2.25. The number of hydrogen-bond acceptors (Lipinski definition) is 5. The fraction of sp³-hybridized carbons (Fsp3) is 0.400. The van der Waals surface area contributed by atoms with Gasteiger partial charge in [0.15, 0.2) is 5.54 Å². The van der Waals surface area contributed by atoms with E-state index in [0.717, 1.165) is 22.3 Å². The van der Waals surface area contributed by atoms with Gasteiger partial charge in [-0.3, -0.25) is 4.79 Å². The molecule has 1 fully saturated rings. The number of carboxylic acid groups (broad SMARTS) is 1. The van der Waals surface area contributed by atoms with E-state index in [-0.39, 0.29) is 38.6 Å². The Morgan fingerprint density at radius 3 is 2.30 bits per heavy atom. The third-order valence-electron chi connectivity index (χ3n) is 6.40. The standard InChI is InChI=1S/C25H28N2O6/c1-2-16(13-22(28)27-25(23(29)30)11-12-32-15-25)26-24(31)33-14-21-19-9-5-3-7-17(19)18-8-4-6-10-20(18)21/h3-10,16,21H,2,11-15H2,1H3,(H,26,31)(H,27,28)(H,29,30)/t16-,25?/m0/s1. The largest absolute Gasteiger partial charge is 0.479 e. The van der Waals surface area contributed by atoms with Crippen LogP contribution in [0.25, 0.3) is 11.1 Å². The van der Waals surface area contributed by atoms with Crippen LogP contribution >= 0.6 is 0 Å². The molecule has 2 amide bonds. The van der Waals surface area contributed by atoms with E-state index in [9.17, 15) is 19.5 Å². The first-order valence-electron chi connectivity index (χ1n) is 11.2. The van der Waals surface area contributed by atoms with Crippen molar-refractivity contribution in [3.63, 3.8) is 0 Å². The van der Waals surface area contributed by atoms with Gasteiger partial charge in [0.05, 0.1) is 6.61 Å². The number of amides is 2. The zero-order chi connectivity index (χ0) is 23.4. The van der Waals surface area contributed by atoms with Crippen molar-refractivity contribution in [3.8, 4) is 11.1 Å². The number of fused-ring (bicyclic) bond motifs is 3. The average molecular weight is 453 g/mol. The number of hydrogen-bond donors (Lipinski definition) is 3. The van der Waals surface area contributed by atoms with Gasteiger partial charge in [0, 0.05) is 31.4 Å². The Morgan fingerprint density at radius 2 is 1.76 bits per heavy atom. The van der Waals surface area contributed by atoms with Crippen molar-refractivity contribution in [3.05, 3.63) is 59.7 Å². The molecule has 0 saturated carbocycles. The molecule has 0 bridgehead atoms. The predicted molar refractivity (Wildman–Crippen MR) is 121 cm³/mol. The number of carbonyl (C=O) groups is 3. The van der Waals surface area contributed by atoms with E-state index in [2.05, 4.69) is 22.8 Å². The smallest absolute Gasteiger partial charge is 0.407 e. The molecule has 8 heteroatoms. The van der Waals surface area contributed by atoms with E-state index >= 15 is 0 Å². The van der Waals surface area contributed by atoms with E-state index in [1.165, 1.54) is 0 Å². The van der Waals surface area contributed by atoms with Crippen LogP contribution in [0.5, 0.6) is 0 Å². The monoisotopic (exact) mass is 452 g/mol. The molecule has 1 heterocycles. The van der Waals surface area contributed by atoms with E-state index < -0.39 is 29.6 Å². The molecule has 1 aliphatic carbocycles. The number of carbonyl (C=O) groups excluding carboxylic acids is 2. The second-order valence-corrected chi connectivity index (χ2v) is 8.52. The van der Waals surface area contributed by atoms with Gasteiger partial charge < -0.3 is 25.2 Å². The lowest BCUT2D eigenvalue weighted by molar-refractivity contribution is -0.147. The number of benzene rings is 2. The fourth-order valence-corrected chi connectivity index (χ4v) is 4.53. The number of rotatable bonds is 8. The number of aliphatic carboxylic acids is 1. The van der Waals surface area contributed by atoms with Crippen molar-refractivity contribution in [1.29, 1.82) is 0 Å². The van der Waals surface area contributed by atoms with Crippen LogP contribution in [0.3, 0.4) is 0 Å². The zero-order valence-corrected chi connectivity index (χ0v) is 18.5. The van der Waals surface area contributed by atoms with Gasteiger partial charge in [-0.05, 0) is 28.7 Å². The lowest BCUT2D eigenvalue weighted by atomic mass is 9.98. The molecule has 174 valence electrons. The molecule has 2 atom stereocenters. The number of nitrogens with one attached hydrogen (secondary N) is 2. The summed E-state index contributed by atoms with van der Waals surface area (Å²) < 4.78 is 10.7. The maximum atomic E-state index is 12.5. The van der Waals surface area contributed by atoms with Crippen LogP contribution in [0.4, 0.5) is 4.79 Å². The number of ether oxygens (including phenoxy) is 2. The number of carboxylic acids is 1. The Labute approximate surface area is 192 Å². The van der Waals surface area contributed by atoms with Gasteiger partial charge in [-0.15, -0.1) is 0 Å². The molecule has 1 saturated heterocycles.